The Morgan fingerprint density at radius 3 is 2.88 bits per heavy atom. The lowest BCUT2D eigenvalue weighted by Crippen LogP contribution is -2.48. The Labute approximate surface area is 146 Å². The standard InChI is InChI=1S/C20H19NO4/c1-24-15-7-4-6-14(12-15)18(22)21-11-5-10-20(13-21)17-9-3-2-8-16(17)19(23)25-20/h2-4,6-9,12H,5,10-11,13H2,1H3/t20-/m0/s1. The van der Waals surface area contributed by atoms with E-state index in [-0.39, 0.29) is 11.9 Å². The van der Waals surface area contributed by atoms with Crippen molar-refractivity contribution < 1.29 is 19.1 Å². The van der Waals surface area contributed by atoms with Crippen molar-refractivity contribution in [3.05, 3.63) is 65.2 Å². The Morgan fingerprint density at radius 1 is 1.20 bits per heavy atom. The molecule has 1 fully saturated rings. The number of carbonyl (C=O) groups excluding carboxylic acids is 2. The molecule has 0 saturated carbocycles. The third-order valence-electron chi connectivity index (χ3n) is 4.98. The van der Waals surface area contributed by atoms with Gasteiger partial charge in [0.25, 0.3) is 5.91 Å². The summed E-state index contributed by atoms with van der Waals surface area (Å²) in [5.74, 6) is 0.278. The first-order chi connectivity index (χ1) is 12.1. The van der Waals surface area contributed by atoms with Crippen LogP contribution >= 0.6 is 0 Å². The fourth-order valence-corrected chi connectivity index (χ4v) is 3.78. The van der Waals surface area contributed by atoms with Crippen molar-refractivity contribution in [2.24, 2.45) is 0 Å². The molecule has 0 radical (unpaired) electrons. The summed E-state index contributed by atoms with van der Waals surface area (Å²) in [4.78, 5) is 26.9. The molecule has 1 saturated heterocycles. The minimum Gasteiger partial charge on any atom is -0.497 e. The SMILES string of the molecule is COc1cccc(C(=O)N2CCC[C@@]3(C2)OC(=O)c2ccccc23)c1. The minimum absolute atomic E-state index is 0.0709. The average molecular weight is 337 g/mol. The van der Waals surface area contributed by atoms with Crippen molar-refractivity contribution in [3.8, 4) is 5.75 Å². The lowest BCUT2D eigenvalue weighted by atomic mass is 9.85. The first-order valence-electron chi connectivity index (χ1n) is 8.39. The van der Waals surface area contributed by atoms with Crippen molar-refractivity contribution in [2.75, 3.05) is 20.2 Å². The molecular weight excluding hydrogens is 318 g/mol. The van der Waals surface area contributed by atoms with Gasteiger partial charge in [-0.05, 0) is 37.1 Å². The maximum absolute atomic E-state index is 12.9. The molecule has 0 aliphatic carbocycles. The predicted molar refractivity (Wildman–Crippen MR) is 91.7 cm³/mol. The molecular formula is C20H19NO4. The van der Waals surface area contributed by atoms with E-state index in [2.05, 4.69) is 0 Å². The van der Waals surface area contributed by atoms with E-state index in [0.29, 0.717) is 30.0 Å². The molecule has 2 aliphatic rings. The highest BCUT2D eigenvalue weighted by molar-refractivity contribution is 5.96. The van der Waals surface area contributed by atoms with Crippen LogP contribution in [-0.4, -0.2) is 37.0 Å². The zero-order valence-electron chi connectivity index (χ0n) is 14.0. The van der Waals surface area contributed by atoms with Crippen LogP contribution in [0.25, 0.3) is 0 Å². The minimum atomic E-state index is -0.722. The molecule has 1 amide bonds. The molecule has 5 heteroatoms. The van der Waals surface area contributed by atoms with Gasteiger partial charge in [-0.15, -0.1) is 0 Å². The van der Waals surface area contributed by atoms with Crippen molar-refractivity contribution in [1.82, 2.24) is 4.90 Å². The number of benzene rings is 2. The summed E-state index contributed by atoms with van der Waals surface area (Å²) in [5.41, 5.74) is 1.36. The molecule has 2 aromatic rings. The van der Waals surface area contributed by atoms with Crippen LogP contribution in [0, 0.1) is 0 Å². The number of amides is 1. The summed E-state index contributed by atoms with van der Waals surface area (Å²) in [5, 5.41) is 0. The van der Waals surface area contributed by atoms with Crippen LogP contribution in [0.5, 0.6) is 5.75 Å². The average Bonchev–Trinajstić information content (AvgIpc) is 2.93. The van der Waals surface area contributed by atoms with E-state index < -0.39 is 5.60 Å². The number of fused-ring (bicyclic) bond motifs is 2. The summed E-state index contributed by atoms with van der Waals surface area (Å²) >= 11 is 0. The molecule has 4 rings (SSSR count). The molecule has 2 aliphatic heterocycles. The monoisotopic (exact) mass is 337 g/mol. The van der Waals surface area contributed by atoms with Crippen LogP contribution in [0.3, 0.4) is 0 Å². The van der Waals surface area contributed by atoms with Crippen LogP contribution in [0.15, 0.2) is 48.5 Å². The van der Waals surface area contributed by atoms with E-state index in [1.165, 1.54) is 0 Å². The zero-order valence-corrected chi connectivity index (χ0v) is 14.0. The van der Waals surface area contributed by atoms with Crippen LogP contribution in [-0.2, 0) is 10.3 Å². The number of nitrogens with zero attached hydrogens (tertiary/aromatic N) is 1. The maximum atomic E-state index is 12.9. The number of likely N-dealkylation sites (tertiary alicyclic amines) is 1. The van der Waals surface area contributed by atoms with E-state index in [4.69, 9.17) is 9.47 Å². The Morgan fingerprint density at radius 2 is 2.04 bits per heavy atom. The summed E-state index contributed by atoms with van der Waals surface area (Å²) < 4.78 is 11.0. The Hall–Kier alpha value is -2.82. The molecule has 0 bridgehead atoms. The molecule has 25 heavy (non-hydrogen) atoms. The predicted octanol–water partition coefficient (Wildman–Crippen LogP) is 3.00. The van der Waals surface area contributed by atoms with E-state index in [1.807, 2.05) is 24.3 Å². The number of methoxy groups -OCH3 is 1. The quantitative estimate of drug-likeness (QED) is 0.791. The first-order valence-corrected chi connectivity index (χ1v) is 8.39. The van der Waals surface area contributed by atoms with Crippen LogP contribution in [0.4, 0.5) is 0 Å². The third kappa shape index (κ3) is 2.56. The fourth-order valence-electron chi connectivity index (χ4n) is 3.78. The van der Waals surface area contributed by atoms with Gasteiger partial charge in [-0.25, -0.2) is 4.79 Å². The number of ether oxygens (including phenoxy) is 2. The zero-order chi connectivity index (χ0) is 17.4. The van der Waals surface area contributed by atoms with Gasteiger partial charge in [0.2, 0.25) is 0 Å². The van der Waals surface area contributed by atoms with E-state index in [0.717, 1.165) is 18.4 Å². The van der Waals surface area contributed by atoms with Crippen molar-refractivity contribution >= 4 is 11.9 Å². The third-order valence-corrected chi connectivity index (χ3v) is 4.98. The Bertz CT molecular complexity index is 847. The van der Waals surface area contributed by atoms with E-state index in [9.17, 15) is 9.59 Å². The second kappa shape index (κ2) is 5.92. The second-order valence-corrected chi connectivity index (χ2v) is 6.49. The molecule has 128 valence electrons. The van der Waals surface area contributed by atoms with Gasteiger partial charge >= 0.3 is 5.97 Å². The van der Waals surface area contributed by atoms with Crippen molar-refractivity contribution in [2.45, 2.75) is 18.4 Å². The molecule has 2 aromatic carbocycles. The summed E-state index contributed by atoms with van der Waals surface area (Å²) in [6.45, 7) is 1.03. The lowest BCUT2D eigenvalue weighted by Gasteiger charge is -2.39. The smallest absolute Gasteiger partial charge is 0.339 e. The van der Waals surface area contributed by atoms with Gasteiger partial charge < -0.3 is 14.4 Å². The van der Waals surface area contributed by atoms with Gasteiger partial charge in [0.05, 0.1) is 19.2 Å². The maximum Gasteiger partial charge on any atom is 0.339 e. The molecule has 1 spiro atoms. The number of hydrogen-bond acceptors (Lipinski definition) is 4. The number of piperidine rings is 1. The number of esters is 1. The summed E-state index contributed by atoms with van der Waals surface area (Å²) in [6.07, 6.45) is 1.52. The molecule has 5 nitrogen and oxygen atoms in total. The summed E-state index contributed by atoms with van der Waals surface area (Å²) in [6, 6.07) is 14.6. The van der Waals surface area contributed by atoms with Crippen molar-refractivity contribution in [1.29, 1.82) is 0 Å². The second-order valence-electron chi connectivity index (χ2n) is 6.49. The van der Waals surface area contributed by atoms with Gasteiger partial charge in [-0.2, -0.15) is 0 Å². The summed E-state index contributed by atoms with van der Waals surface area (Å²) in [7, 11) is 1.58. The fraction of sp³-hybridized carbons (Fsp3) is 0.300. The van der Waals surface area contributed by atoms with Gasteiger partial charge in [0.1, 0.15) is 5.75 Å². The highest BCUT2D eigenvalue weighted by Crippen LogP contribution is 2.43. The normalized spacial score (nSPS) is 21.8. The Balaban J connectivity index is 1.64. The van der Waals surface area contributed by atoms with E-state index >= 15 is 0 Å². The van der Waals surface area contributed by atoms with Gasteiger partial charge in [-0.1, -0.05) is 24.3 Å². The Kier molecular flexibility index (Phi) is 3.71. The largest absolute Gasteiger partial charge is 0.497 e. The molecule has 0 N–H and O–H groups in total. The highest BCUT2D eigenvalue weighted by atomic mass is 16.6. The van der Waals surface area contributed by atoms with Crippen LogP contribution in [0.2, 0.25) is 0 Å². The van der Waals surface area contributed by atoms with Gasteiger partial charge in [0.15, 0.2) is 5.60 Å². The first kappa shape index (κ1) is 15.7. The molecule has 2 heterocycles. The van der Waals surface area contributed by atoms with E-state index in [1.54, 1.807) is 36.3 Å². The van der Waals surface area contributed by atoms with Crippen molar-refractivity contribution in [3.63, 3.8) is 0 Å². The van der Waals surface area contributed by atoms with Crippen LogP contribution in [0.1, 0.15) is 39.1 Å². The van der Waals surface area contributed by atoms with Crippen LogP contribution < -0.4 is 4.74 Å². The van der Waals surface area contributed by atoms with Gasteiger partial charge in [0, 0.05) is 17.7 Å². The lowest BCUT2D eigenvalue weighted by molar-refractivity contribution is -0.0442. The highest BCUT2D eigenvalue weighted by Gasteiger charge is 2.48. The number of carbonyl (C=O) groups is 2. The topological polar surface area (TPSA) is 55.8 Å². The molecule has 1 atom stereocenters. The molecule has 0 unspecified atom stereocenters. The van der Waals surface area contributed by atoms with Gasteiger partial charge in [-0.3, -0.25) is 4.79 Å². The number of hydrogen-bond donors (Lipinski definition) is 0. The molecule has 0 aromatic heterocycles. The number of rotatable bonds is 2.